The number of aliphatic carboxylic acids is 1. The summed E-state index contributed by atoms with van der Waals surface area (Å²) < 4.78 is 39.1. The number of hydrogen-bond acceptors (Lipinski definition) is 2. The van der Waals surface area contributed by atoms with Gasteiger partial charge in [0.1, 0.15) is 11.8 Å². The van der Waals surface area contributed by atoms with Crippen molar-refractivity contribution in [3.63, 3.8) is 0 Å². The maximum absolute atomic E-state index is 13.0. The van der Waals surface area contributed by atoms with Crippen LogP contribution in [0.2, 0.25) is 0 Å². The third kappa shape index (κ3) is 7.06. The van der Waals surface area contributed by atoms with Crippen molar-refractivity contribution in [1.82, 2.24) is 0 Å². The van der Waals surface area contributed by atoms with Gasteiger partial charge in [0.2, 0.25) is 0 Å². The van der Waals surface area contributed by atoms with E-state index >= 15 is 0 Å². The van der Waals surface area contributed by atoms with E-state index in [1.54, 1.807) is 19.9 Å². The molecule has 0 unspecified atom stereocenters. The molecule has 0 amide bonds. The van der Waals surface area contributed by atoms with Crippen LogP contribution in [0.3, 0.4) is 0 Å². The molecule has 112 valence electrons. The Morgan fingerprint density at radius 2 is 1.76 bits per heavy atom. The minimum atomic E-state index is -4.69. The van der Waals surface area contributed by atoms with Gasteiger partial charge in [-0.15, -0.1) is 0 Å². The summed E-state index contributed by atoms with van der Waals surface area (Å²) in [5.74, 6) is -1.42. The Hall–Kier alpha value is -0.214. The molecule has 0 aliphatic carbocycles. The van der Waals surface area contributed by atoms with Gasteiger partial charge in [0.15, 0.2) is 0 Å². The zero-order chi connectivity index (χ0) is 15.3. The molecule has 0 aliphatic rings. The molecule has 0 radical (unpaired) electrons. The van der Waals surface area contributed by atoms with Crippen molar-refractivity contribution in [2.75, 3.05) is 0 Å². The summed E-state index contributed by atoms with van der Waals surface area (Å²) in [6, 6.07) is 5.62. The molecule has 0 saturated heterocycles. The number of carboxylic acids is 1. The SMILES string of the molecule is CC(C)C[C@H](N=C(c1ccccc1)C(F)(F)F)C(=O)O.[KH]. The van der Waals surface area contributed by atoms with E-state index in [9.17, 15) is 18.0 Å². The fourth-order valence-corrected chi connectivity index (χ4v) is 1.72. The summed E-state index contributed by atoms with van der Waals surface area (Å²) in [5.41, 5.74) is -1.28. The van der Waals surface area contributed by atoms with Gasteiger partial charge in [-0.2, -0.15) is 13.2 Å². The van der Waals surface area contributed by atoms with Crippen molar-refractivity contribution < 1.29 is 23.1 Å². The molecule has 0 aliphatic heterocycles. The van der Waals surface area contributed by atoms with Crippen molar-refractivity contribution in [3.05, 3.63) is 35.9 Å². The topological polar surface area (TPSA) is 49.7 Å². The van der Waals surface area contributed by atoms with E-state index < -0.39 is 23.9 Å². The van der Waals surface area contributed by atoms with Crippen molar-refractivity contribution in [1.29, 1.82) is 0 Å². The molecule has 3 nitrogen and oxygen atoms in total. The van der Waals surface area contributed by atoms with Crippen LogP contribution < -0.4 is 0 Å². The summed E-state index contributed by atoms with van der Waals surface area (Å²) >= 11 is 0. The van der Waals surface area contributed by atoms with E-state index in [-0.39, 0.29) is 69.3 Å². The van der Waals surface area contributed by atoms with Crippen molar-refractivity contribution in [3.8, 4) is 0 Å². The van der Waals surface area contributed by atoms with Gasteiger partial charge in [-0.3, -0.25) is 4.99 Å². The Kier molecular flexibility index (Phi) is 8.95. The standard InChI is InChI=1S/C14H16F3NO2.K.H/c1-9(2)8-11(13(19)20)18-12(14(15,16)17)10-6-4-3-5-7-10;;/h3-7,9,11H,8H2,1-2H3,(H,19,20);;/t11-;;/m0../s1. The second kappa shape index (κ2) is 9.04. The number of aliphatic imine (C=N–C) groups is 1. The fraction of sp³-hybridized carbons (Fsp3) is 0.429. The quantitative estimate of drug-likeness (QED) is 0.668. The third-order valence-electron chi connectivity index (χ3n) is 2.58. The first kappa shape index (κ1) is 20.8. The van der Waals surface area contributed by atoms with Crippen LogP contribution in [0.25, 0.3) is 0 Å². The zero-order valence-corrected chi connectivity index (χ0v) is 11.2. The van der Waals surface area contributed by atoms with Gasteiger partial charge in [0.05, 0.1) is 0 Å². The van der Waals surface area contributed by atoms with Gasteiger partial charge in [-0.1, -0.05) is 44.2 Å². The van der Waals surface area contributed by atoms with Crippen LogP contribution in [0, 0.1) is 5.92 Å². The predicted molar refractivity (Wildman–Crippen MR) is 77.1 cm³/mol. The van der Waals surface area contributed by atoms with Crippen LogP contribution >= 0.6 is 0 Å². The zero-order valence-electron chi connectivity index (χ0n) is 11.2. The van der Waals surface area contributed by atoms with Crippen LogP contribution in [0.1, 0.15) is 25.8 Å². The number of hydrogen-bond donors (Lipinski definition) is 1. The Balaban J connectivity index is 0.00000400. The Morgan fingerprint density at radius 1 is 1.24 bits per heavy atom. The van der Waals surface area contributed by atoms with E-state index in [0.29, 0.717) is 0 Å². The molecule has 0 fully saturated rings. The number of rotatable bonds is 5. The van der Waals surface area contributed by atoms with Crippen LogP contribution in [-0.4, -0.2) is 80.4 Å². The molecular weight excluding hydrogens is 310 g/mol. The van der Waals surface area contributed by atoms with Gasteiger partial charge in [-0.25, -0.2) is 4.79 Å². The average molecular weight is 327 g/mol. The fourth-order valence-electron chi connectivity index (χ4n) is 1.72. The van der Waals surface area contributed by atoms with Crippen molar-refractivity contribution in [2.24, 2.45) is 10.9 Å². The van der Waals surface area contributed by atoms with Crippen LogP contribution in [0.15, 0.2) is 35.3 Å². The number of halogens is 3. The maximum atomic E-state index is 13.0. The number of carboxylic acid groups (broad SMARTS) is 1. The molecule has 1 atom stereocenters. The van der Waals surface area contributed by atoms with Crippen LogP contribution in [-0.2, 0) is 4.79 Å². The van der Waals surface area contributed by atoms with E-state index in [2.05, 4.69) is 4.99 Å². The second-order valence-electron chi connectivity index (χ2n) is 4.83. The number of nitrogens with zero attached hydrogens (tertiary/aromatic N) is 1. The molecule has 1 rings (SSSR count). The van der Waals surface area contributed by atoms with Crippen LogP contribution in [0.4, 0.5) is 13.2 Å². The van der Waals surface area contributed by atoms with Gasteiger partial charge in [0, 0.05) is 5.56 Å². The van der Waals surface area contributed by atoms with E-state index in [0.717, 1.165) is 0 Å². The normalized spacial score (nSPS) is 13.7. The molecule has 7 heteroatoms. The summed E-state index contributed by atoms with van der Waals surface area (Å²) in [5, 5.41) is 9.01. The molecule has 1 aromatic rings. The van der Waals surface area contributed by atoms with Crippen molar-refractivity contribution >= 4 is 63.1 Å². The van der Waals surface area contributed by atoms with E-state index in [4.69, 9.17) is 5.11 Å². The molecule has 0 heterocycles. The first-order valence-corrected chi connectivity index (χ1v) is 6.15. The minimum absolute atomic E-state index is 0. The van der Waals surface area contributed by atoms with Gasteiger partial charge >= 0.3 is 63.5 Å². The molecule has 1 N–H and O–H groups in total. The van der Waals surface area contributed by atoms with Crippen molar-refractivity contribution in [2.45, 2.75) is 32.5 Å². The first-order valence-electron chi connectivity index (χ1n) is 6.15. The van der Waals surface area contributed by atoms with Crippen LogP contribution in [0.5, 0.6) is 0 Å². The average Bonchev–Trinajstić information content (AvgIpc) is 2.33. The summed E-state index contributed by atoms with van der Waals surface area (Å²) in [7, 11) is 0. The van der Waals surface area contributed by atoms with Gasteiger partial charge < -0.3 is 5.11 Å². The first-order chi connectivity index (χ1) is 9.21. The number of alkyl halides is 3. The Labute approximate surface area is 164 Å². The number of carbonyl (C=O) groups is 1. The second-order valence-corrected chi connectivity index (χ2v) is 4.83. The monoisotopic (exact) mass is 327 g/mol. The van der Waals surface area contributed by atoms with Gasteiger partial charge in [0.25, 0.3) is 0 Å². The molecule has 0 saturated carbocycles. The van der Waals surface area contributed by atoms with E-state index in [1.807, 2.05) is 0 Å². The molecular formula is C14H17F3KNO2. The summed E-state index contributed by atoms with van der Waals surface area (Å²) in [6.07, 6.45) is -4.63. The summed E-state index contributed by atoms with van der Waals surface area (Å²) in [4.78, 5) is 14.5. The predicted octanol–water partition coefficient (Wildman–Crippen LogP) is 2.89. The molecule has 21 heavy (non-hydrogen) atoms. The van der Waals surface area contributed by atoms with Gasteiger partial charge in [-0.05, 0) is 12.3 Å². The molecule has 0 bridgehead atoms. The number of benzene rings is 1. The molecule has 0 aromatic heterocycles. The Bertz CT molecular complexity index is 487. The summed E-state index contributed by atoms with van der Waals surface area (Å²) in [6.45, 7) is 3.47. The van der Waals surface area contributed by atoms with E-state index in [1.165, 1.54) is 24.3 Å². The third-order valence-corrected chi connectivity index (χ3v) is 2.58. The molecule has 0 spiro atoms. The molecule has 1 aromatic carbocycles. The Morgan fingerprint density at radius 3 is 2.14 bits per heavy atom.